The van der Waals surface area contributed by atoms with Gasteiger partial charge in [0.15, 0.2) is 0 Å². The van der Waals surface area contributed by atoms with Crippen LogP contribution in [0.1, 0.15) is 80.9 Å². The van der Waals surface area contributed by atoms with Crippen molar-refractivity contribution in [1.82, 2.24) is 35.1 Å². The van der Waals surface area contributed by atoms with Crippen molar-refractivity contribution in [3.05, 3.63) is 108 Å². The minimum absolute atomic E-state index is 0.129. The van der Waals surface area contributed by atoms with Crippen LogP contribution in [0.3, 0.4) is 0 Å². The number of H-pyrrole nitrogens is 2. The number of likely N-dealkylation sites (tertiary alicyclic amines) is 2. The van der Waals surface area contributed by atoms with Crippen molar-refractivity contribution in [2.24, 2.45) is 17.6 Å². The summed E-state index contributed by atoms with van der Waals surface area (Å²) in [4.78, 5) is 60.9. The highest BCUT2D eigenvalue weighted by atomic mass is 16.5. The third-order valence-corrected chi connectivity index (χ3v) is 12.8. The van der Waals surface area contributed by atoms with Gasteiger partial charge in [-0.2, -0.15) is 0 Å². The Balaban J connectivity index is 1.03. The number of rotatable bonds is 10. The number of fused-ring (bicyclic) bond motifs is 6. The molecule has 13 nitrogen and oxygen atoms in total. The second-order valence-corrected chi connectivity index (χ2v) is 17.1. The highest BCUT2D eigenvalue weighted by Gasteiger charge is 2.40. The average Bonchev–Trinajstić information content (AvgIpc) is 4.13. The van der Waals surface area contributed by atoms with Crippen LogP contribution in [0.2, 0.25) is 0 Å². The van der Waals surface area contributed by atoms with Gasteiger partial charge < -0.3 is 40.3 Å². The number of ether oxygens (including phenoxy) is 2. The van der Waals surface area contributed by atoms with Gasteiger partial charge in [-0.05, 0) is 78.4 Å². The molecule has 0 saturated carbocycles. The van der Waals surface area contributed by atoms with Crippen LogP contribution in [0.5, 0.6) is 0 Å². The molecule has 7 aromatic rings. The summed E-state index contributed by atoms with van der Waals surface area (Å²) in [6.45, 7) is 7.30. The monoisotopic (exact) mass is 844 g/mol. The minimum Gasteiger partial charge on any atom is -0.453 e. The summed E-state index contributed by atoms with van der Waals surface area (Å²) >= 11 is 0. The fourth-order valence-corrected chi connectivity index (χ4v) is 9.61. The summed E-state index contributed by atoms with van der Waals surface area (Å²) in [6, 6.07) is 26.5. The molecule has 2 aliphatic heterocycles. The number of nitrogens with one attached hydrogen (secondary N) is 3. The normalized spacial score (nSPS) is 18.6. The van der Waals surface area contributed by atoms with Crippen LogP contribution in [-0.4, -0.2) is 87.6 Å². The molecule has 3 amide bonds. The maximum Gasteiger partial charge on any atom is 0.407 e. The smallest absolute Gasteiger partial charge is 0.407 e. The zero-order valence-electron chi connectivity index (χ0n) is 36.2. The van der Waals surface area contributed by atoms with Gasteiger partial charge in [0, 0.05) is 47.8 Å². The molecule has 0 spiro atoms. The Bertz CT molecular complexity index is 2950. The molecule has 0 bridgehead atoms. The molecule has 5 N–H and O–H groups in total. The molecule has 0 aliphatic carbocycles. The van der Waals surface area contributed by atoms with E-state index in [0.717, 1.165) is 91.0 Å². The predicted octanol–water partition coefficient (Wildman–Crippen LogP) is 8.06. The van der Waals surface area contributed by atoms with Crippen molar-refractivity contribution < 1.29 is 23.9 Å². The van der Waals surface area contributed by atoms with Gasteiger partial charge in [-0.3, -0.25) is 9.59 Å². The zero-order valence-corrected chi connectivity index (χ0v) is 36.2. The van der Waals surface area contributed by atoms with Crippen molar-refractivity contribution in [3.8, 4) is 23.0 Å². The summed E-state index contributed by atoms with van der Waals surface area (Å²) in [7, 11) is 2.99. The molecule has 13 heteroatoms. The first-order valence-electron chi connectivity index (χ1n) is 21.6. The number of aromatic amines is 2. The molecule has 9 rings (SSSR count). The maximum absolute atomic E-state index is 13.9. The average molecular weight is 845 g/mol. The topological polar surface area (TPSA) is 172 Å². The van der Waals surface area contributed by atoms with Crippen LogP contribution >= 0.6 is 0 Å². The fraction of sp³-hybridized carbons (Fsp3) is 0.340. The van der Waals surface area contributed by atoms with E-state index in [1.165, 1.54) is 7.11 Å². The van der Waals surface area contributed by atoms with E-state index in [9.17, 15) is 14.4 Å². The number of aromatic nitrogens is 4. The maximum atomic E-state index is 13.9. The number of imidazole rings is 2. The molecule has 2 saturated heterocycles. The Labute approximate surface area is 365 Å². The molecule has 63 heavy (non-hydrogen) atoms. The SMILES string of the molecule is CC#Cc1cc2nc([C@@H]3CCCN3C(=O)C(NC(=O)OC)C(C)C)[nH]c2c2ccc(-c3ccc4c(ccc5nc([C@@H]6C[C@H](COC)CN6C(=O)[C@H](N)c6ccccc6)[nH]c54)c3)cc12. The van der Waals surface area contributed by atoms with Gasteiger partial charge in [0.2, 0.25) is 11.8 Å². The second-order valence-electron chi connectivity index (χ2n) is 17.1. The van der Waals surface area contributed by atoms with Crippen LogP contribution < -0.4 is 11.1 Å². The summed E-state index contributed by atoms with van der Waals surface area (Å²) < 4.78 is 10.3. The van der Waals surface area contributed by atoms with Gasteiger partial charge in [0.05, 0.1) is 47.9 Å². The van der Waals surface area contributed by atoms with Gasteiger partial charge >= 0.3 is 6.09 Å². The second kappa shape index (κ2) is 17.2. The van der Waals surface area contributed by atoms with Crippen LogP contribution in [0.4, 0.5) is 4.79 Å². The van der Waals surface area contributed by atoms with E-state index < -0.39 is 18.2 Å². The van der Waals surface area contributed by atoms with Crippen molar-refractivity contribution in [3.63, 3.8) is 0 Å². The molecule has 2 aromatic heterocycles. The Kier molecular flexibility index (Phi) is 11.4. The van der Waals surface area contributed by atoms with Gasteiger partial charge in [-0.15, -0.1) is 5.92 Å². The van der Waals surface area contributed by atoms with Crippen LogP contribution in [0, 0.1) is 23.7 Å². The quantitative estimate of drug-likeness (QED) is 0.100. The van der Waals surface area contributed by atoms with Crippen LogP contribution in [-0.2, 0) is 19.1 Å². The third-order valence-electron chi connectivity index (χ3n) is 12.8. The van der Waals surface area contributed by atoms with Gasteiger partial charge in [0.25, 0.3) is 0 Å². The molecule has 2 fully saturated rings. The molecule has 4 heterocycles. The van der Waals surface area contributed by atoms with E-state index in [1.807, 2.05) is 73.0 Å². The summed E-state index contributed by atoms with van der Waals surface area (Å²) in [5.74, 6) is 7.61. The van der Waals surface area contributed by atoms with E-state index in [2.05, 4.69) is 69.6 Å². The number of carbonyl (C=O) groups is 3. The van der Waals surface area contributed by atoms with Crippen LogP contribution in [0.25, 0.3) is 54.7 Å². The lowest BCUT2D eigenvalue weighted by Gasteiger charge is -2.29. The zero-order chi connectivity index (χ0) is 43.9. The van der Waals surface area contributed by atoms with Crippen molar-refractivity contribution in [2.45, 2.75) is 64.2 Å². The highest BCUT2D eigenvalue weighted by Crippen LogP contribution is 2.40. The van der Waals surface area contributed by atoms with Gasteiger partial charge in [-0.1, -0.05) is 80.4 Å². The van der Waals surface area contributed by atoms with E-state index in [4.69, 9.17) is 25.2 Å². The van der Waals surface area contributed by atoms with E-state index >= 15 is 0 Å². The van der Waals surface area contributed by atoms with E-state index in [0.29, 0.717) is 25.5 Å². The first kappa shape index (κ1) is 41.6. The number of amides is 3. The van der Waals surface area contributed by atoms with Crippen molar-refractivity contribution in [2.75, 3.05) is 33.9 Å². The first-order chi connectivity index (χ1) is 30.6. The summed E-state index contributed by atoms with van der Waals surface area (Å²) in [6.07, 6.45) is 1.67. The molecule has 322 valence electrons. The number of carbonyl (C=O) groups excluding carboxylic acids is 3. The molecule has 1 unspecified atom stereocenters. The van der Waals surface area contributed by atoms with Crippen molar-refractivity contribution in [1.29, 1.82) is 0 Å². The third kappa shape index (κ3) is 7.74. The number of nitrogens with zero attached hydrogens (tertiary/aromatic N) is 4. The number of hydrogen-bond acceptors (Lipinski definition) is 8. The fourth-order valence-electron chi connectivity index (χ4n) is 9.61. The Morgan fingerprint density at radius 1 is 0.841 bits per heavy atom. The molecule has 2 aliphatic rings. The Morgan fingerprint density at radius 3 is 2.29 bits per heavy atom. The Morgan fingerprint density at radius 2 is 1.56 bits per heavy atom. The Hall–Kier alpha value is -6.75. The number of nitrogens with two attached hydrogens (primary N) is 1. The van der Waals surface area contributed by atoms with Crippen LogP contribution in [0.15, 0.2) is 84.9 Å². The molecular weight excluding hydrogens is 793 g/mol. The molecule has 5 aromatic carbocycles. The lowest BCUT2D eigenvalue weighted by atomic mass is 9.95. The highest BCUT2D eigenvalue weighted by molar-refractivity contribution is 6.09. The lowest BCUT2D eigenvalue weighted by Crippen LogP contribution is -2.51. The molecule has 5 atom stereocenters. The minimum atomic E-state index is -0.774. The molecule has 0 radical (unpaired) electrons. The van der Waals surface area contributed by atoms with Gasteiger partial charge in [0.1, 0.15) is 23.7 Å². The van der Waals surface area contributed by atoms with E-state index in [1.54, 1.807) is 7.11 Å². The standard InChI is InChI=1S/C50H52N8O5/c1-6-11-33-25-39-45(55-46(53-39)40-14-10-21-57(40)49(60)43(28(2)3)56-50(61)63-5)36-19-16-32(24-37(33)36)31-15-18-35-34(23-31)17-20-38-44(35)54-47(52-38)41-22-29(27-62-4)26-58(41)48(59)42(51)30-12-8-7-9-13-30/h7-9,12-13,15-20,23-25,28-29,40-43H,10,14,21-22,26-27,51H2,1-5H3,(H,52,54)(H,53,55)(H,56,61)/t29-,40-,41-,42+,43?/m0/s1. The number of methoxy groups -OCH3 is 2. The largest absolute Gasteiger partial charge is 0.453 e. The first-order valence-corrected chi connectivity index (χ1v) is 21.6. The lowest BCUT2D eigenvalue weighted by molar-refractivity contribution is -0.135. The summed E-state index contributed by atoms with van der Waals surface area (Å²) in [5, 5.41) is 6.80. The van der Waals surface area contributed by atoms with Gasteiger partial charge in [-0.25, -0.2) is 14.8 Å². The van der Waals surface area contributed by atoms with E-state index in [-0.39, 0.29) is 35.7 Å². The number of hydrogen-bond donors (Lipinski definition) is 4. The number of benzene rings is 5. The van der Waals surface area contributed by atoms with Crippen molar-refractivity contribution >= 4 is 61.5 Å². The molecular formula is C50H52N8O5. The summed E-state index contributed by atoms with van der Waals surface area (Å²) in [5.41, 5.74) is 13.7. The number of alkyl carbamates (subject to hydrolysis) is 1. The predicted molar refractivity (Wildman–Crippen MR) is 244 cm³/mol.